The molecular formula is C23H22N2O5. The minimum absolute atomic E-state index is 0.119. The lowest BCUT2D eigenvalue weighted by molar-refractivity contribution is -0.124. The number of rotatable bonds is 9. The molecule has 2 aromatic carbocycles. The first kappa shape index (κ1) is 20.9. The number of hydrogen-bond donors (Lipinski definition) is 2. The Morgan fingerprint density at radius 1 is 0.900 bits per heavy atom. The monoisotopic (exact) mass is 406 g/mol. The standard InChI is InChI=1S/C23H22N2O5/c26-21(24-14-6-10-17-8-2-1-3-9-17)16-30-23(28)18-11-4-5-12-19(18)25-22(27)20-13-7-15-29-20/h1-5,7-9,11-13,15H,6,10,14,16H2,(H,24,26)(H,25,27). The average molecular weight is 406 g/mol. The zero-order valence-electron chi connectivity index (χ0n) is 16.3. The first-order valence-electron chi connectivity index (χ1n) is 9.55. The van der Waals surface area contributed by atoms with Crippen LogP contribution in [0.2, 0.25) is 0 Å². The Balaban J connectivity index is 1.45. The van der Waals surface area contributed by atoms with Gasteiger partial charge in [0.2, 0.25) is 0 Å². The van der Waals surface area contributed by atoms with Crippen LogP contribution in [0.1, 0.15) is 32.9 Å². The van der Waals surface area contributed by atoms with E-state index in [1.807, 2.05) is 30.3 Å². The second kappa shape index (κ2) is 10.6. The van der Waals surface area contributed by atoms with E-state index in [1.54, 1.807) is 24.3 Å². The molecule has 0 aliphatic heterocycles. The summed E-state index contributed by atoms with van der Waals surface area (Å²) in [4.78, 5) is 36.5. The molecule has 30 heavy (non-hydrogen) atoms. The van der Waals surface area contributed by atoms with Crippen molar-refractivity contribution >= 4 is 23.5 Å². The highest BCUT2D eigenvalue weighted by Gasteiger charge is 2.17. The molecule has 0 unspecified atom stereocenters. The number of anilines is 1. The molecule has 0 bridgehead atoms. The number of esters is 1. The van der Waals surface area contributed by atoms with Crippen LogP contribution < -0.4 is 10.6 Å². The van der Waals surface area contributed by atoms with Crippen LogP contribution in [0.5, 0.6) is 0 Å². The van der Waals surface area contributed by atoms with Crippen LogP contribution in [0.3, 0.4) is 0 Å². The Bertz CT molecular complexity index is 984. The quantitative estimate of drug-likeness (QED) is 0.419. The number of aryl methyl sites for hydroxylation is 1. The van der Waals surface area contributed by atoms with Gasteiger partial charge in [-0.15, -0.1) is 0 Å². The lowest BCUT2D eigenvalue weighted by Gasteiger charge is -2.10. The lowest BCUT2D eigenvalue weighted by atomic mass is 10.1. The van der Waals surface area contributed by atoms with Crippen molar-refractivity contribution in [2.24, 2.45) is 0 Å². The highest BCUT2D eigenvalue weighted by Crippen LogP contribution is 2.17. The zero-order chi connectivity index (χ0) is 21.2. The molecule has 0 saturated carbocycles. The summed E-state index contributed by atoms with van der Waals surface area (Å²) in [5.41, 5.74) is 1.62. The molecule has 1 aromatic heterocycles. The van der Waals surface area contributed by atoms with Crippen LogP contribution in [0.4, 0.5) is 5.69 Å². The van der Waals surface area contributed by atoms with E-state index in [-0.39, 0.29) is 22.9 Å². The fourth-order valence-electron chi connectivity index (χ4n) is 2.79. The van der Waals surface area contributed by atoms with Crippen molar-refractivity contribution in [3.63, 3.8) is 0 Å². The maximum atomic E-state index is 12.4. The smallest absolute Gasteiger partial charge is 0.340 e. The number of ether oxygens (including phenoxy) is 1. The fourth-order valence-corrected chi connectivity index (χ4v) is 2.79. The predicted octanol–water partition coefficient (Wildman–Crippen LogP) is 3.44. The molecule has 0 atom stereocenters. The second-order valence-electron chi connectivity index (χ2n) is 6.49. The van der Waals surface area contributed by atoms with Gasteiger partial charge in [0, 0.05) is 6.54 Å². The summed E-state index contributed by atoms with van der Waals surface area (Å²) in [6.07, 6.45) is 3.02. The molecule has 0 radical (unpaired) electrons. The summed E-state index contributed by atoms with van der Waals surface area (Å²) in [6, 6.07) is 19.5. The molecule has 3 aromatic rings. The number of para-hydroxylation sites is 1. The van der Waals surface area contributed by atoms with Crippen molar-refractivity contribution in [1.82, 2.24) is 5.32 Å². The zero-order valence-corrected chi connectivity index (χ0v) is 16.3. The second-order valence-corrected chi connectivity index (χ2v) is 6.49. The molecule has 7 nitrogen and oxygen atoms in total. The van der Waals surface area contributed by atoms with E-state index < -0.39 is 18.5 Å². The van der Waals surface area contributed by atoms with E-state index in [4.69, 9.17) is 9.15 Å². The molecule has 2 amide bonds. The molecule has 2 N–H and O–H groups in total. The van der Waals surface area contributed by atoms with Crippen molar-refractivity contribution in [1.29, 1.82) is 0 Å². The highest BCUT2D eigenvalue weighted by molar-refractivity contribution is 6.06. The molecule has 0 aliphatic rings. The Labute approximate surface area is 174 Å². The van der Waals surface area contributed by atoms with Crippen molar-refractivity contribution < 1.29 is 23.5 Å². The van der Waals surface area contributed by atoms with Crippen LogP contribution >= 0.6 is 0 Å². The van der Waals surface area contributed by atoms with E-state index >= 15 is 0 Å². The number of nitrogens with one attached hydrogen (secondary N) is 2. The first-order valence-corrected chi connectivity index (χ1v) is 9.55. The maximum absolute atomic E-state index is 12.4. The Hall–Kier alpha value is -3.87. The molecule has 154 valence electrons. The minimum Gasteiger partial charge on any atom is -0.459 e. The van der Waals surface area contributed by atoms with Crippen molar-refractivity contribution in [3.05, 3.63) is 89.9 Å². The van der Waals surface area contributed by atoms with Gasteiger partial charge < -0.3 is 19.8 Å². The maximum Gasteiger partial charge on any atom is 0.340 e. The van der Waals surface area contributed by atoms with Gasteiger partial charge in [0.1, 0.15) is 0 Å². The molecule has 7 heteroatoms. The van der Waals surface area contributed by atoms with E-state index in [2.05, 4.69) is 10.6 Å². The van der Waals surface area contributed by atoms with Crippen LogP contribution in [0, 0.1) is 0 Å². The number of hydrogen-bond acceptors (Lipinski definition) is 5. The molecule has 3 rings (SSSR count). The van der Waals surface area contributed by atoms with E-state index in [0.29, 0.717) is 6.54 Å². The van der Waals surface area contributed by atoms with E-state index in [9.17, 15) is 14.4 Å². The normalized spacial score (nSPS) is 10.3. The van der Waals surface area contributed by atoms with Crippen LogP contribution in [-0.4, -0.2) is 30.9 Å². The molecule has 0 spiro atoms. The third-order valence-corrected chi connectivity index (χ3v) is 4.28. The van der Waals surface area contributed by atoms with Gasteiger partial charge in [0.05, 0.1) is 17.5 Å². The summed E-state index contributed by atoms with van der Waals surface area (Å²) in [5.74, 6) is -1.46. The molecule has 0 aliphatic carbocycles. The van der Waals surface area contributed by atoms with Crippen LogP contribution in [0.15, 0.2) is 77.4 Å². The van der Waals surface area contributed by atoms with Gasteiger partial charge in [0.15, 0.2) is 12.4 Å². The number of benzene rings is 2. The van der Waals surface area contributed by atoms with Crippen molar-refractivity contribution in [2.75, 3.05) is 18.5 Å². The molecule has 0 saturated heterocycles. The minimum atomic E-state index is -0.704. The van der Waals surface area contributed by atoms with Gasteiger partial charge in [-0.3, -0.25) is 9.59 Å². The van der Waals surface area contributed by atoms with E-state index in [1.165, 1.54) is 24.0 Å². The van der Waals surface area contributed by atoms with Crippen LogP contribution in [-0.2, 0) is 16.0 Å². The van der Waals surface area contributed by atoms with Gasteiger partial charge in [0.25, 0.3) is 11.8 Å². The Kier molecular flexibility index (Phi) is 7.38. The Morgan fingerprint density at radius 2 is 1.67 bits per heavy atom. The van der Waals surface area contributed by atoms with Gasteiger partial charge >= 0.3 is 5.97 Å². The fraction of sp³-hybridized carbons (Fsp3) is 0.174. The van der Waals surface area contributed by atoms with Gasteiger partial charge in [-0.1, -0.05) is 42.5 Å². The number of carbonyl (C=O) groups is 3. The summed E-state index contributed by atoms with van der Waals surface area (Å²) in [7, 11) is 0. The SMILES string of the molecule is O=C(COC(=O)c1ccccc1NC(=O)c1ccco1)NCCCc1ccccc1. The van der Waals surface area contributed by atoms with Crippen molar-refractivity contribution in [3.8, 4) is 0 Å². The Morgan fingerprint density at radius 3 is 2.43 bits per heavy atom. The summed E-state index contributed by atoms with van der Waals surface area (Å²) in [5, 5.41) is 5.33. The molecule has 1 heterocycles. The largest absolute Gasteiger partial charge is 0.459 e. The number of carbonyl (C=O) groups excluding carboxylic acids is 3. The first-order chi connectivity index (χ1) is 14.6. The summed E-state index contributed by atoms with van der Waals surface area (Å²) < 4.78 is 10.1. The lowest BCUT2D eigenvalue weighted by Crippen LogP contribution is -2.30. The van der Waals surface area contributed by atoms with Crippen molar-refractivity contribution in [2.45, 2.75) is 12.8 Å². The third-order valence-electron chi connectivity index (χ3n) is 4.28. The number of furan rings is 1. The molecule has 0 fully saturated rings. The molecular weight excluding hydrogens is 384 g/mol. The summed E-state index contributed by atoms with van der Waals surface area (Å²) >= 11 is 0. The van der Waals surface area contributed by atoms with Crippen LogP contribution in [0.25, 0.3) is 0 Å². The van der Waals surface area contributed by atoms with Gasteiger partial charge in [-0.2, -0.15) is 0 Å². The van der Waals surface area contributed by atoms with Gasteiger partial charge in [-0.25, -0.2) is 4.79 Å². The van der Waals surface area contributed by atoms with E-state index in [0.717, 1.165) is 12.8 Å². The topological polar surface area (TPSA) is 97.6 Å². The summed E-state index contributed by atoms with van der Waals surface area (Å²) in [6.45, 7) is 0.0890. The highest BCUT2D eigenvalue weighted by atomic mass is 16.5. The predicted molar refractivity (Wildman–Crippen MR) is 111 cm³/mol. The average Bonchev–Trinajstić information content (AvgIpc) is 3.31. The number of amides is 2. The third kappa shape index (κ3) is 6.07. The van der Waals surface area contributed by atoms with Gasteiger partial charge in [-0.05, 0) is 42.7 Å².